The van der Waals surface area contributed by atoms with Gasteiger partial charge in [-0.3, -0.25) is 4.90 Å². The van der Waals surface area contributed by atoms with Crippen molar-refractivity contribution in [3.63, 3.8) is 0 Å². The van der Waals surface area contributed by atoms with Gasteiger partial charge in [0.15, 0.2) is 0 Å². The minimum absolute atomic E-state index is 0.119. The van der Waals surface area contributed by atoms with Gasteiger partial charge in [-0.15, -0.1) is 0 Å². The van der Waals surface area contributed by atoms with Gasteiger partial charge >= 0.3 is 0 Å². The molecule has 8 heteroatoms. The Hall–Kier alpha value is -3.85. The number of benzene rings is 3. The molecule has 3 heterocycles. The number of fused-ring (bicyclic) bond motifs is 1. The fraction of sp³-hybridized carbons (Fsp3) is 0.167. The summed E-state index contributed by atoms with van der Waals surface area (Å²) in [6.45, 7) is 2.54. The second-order valence-electron chi connectivity index (χ2n) is 9.42. The molecule has 0 bridgehead atoms. The van der Waals surface area contributed by atoms with E-state index in [1.165, 1.54) is 28.6 Å². The zero-order chi connectivity index (χ0) is 26.1. The van der Waals surface area contributed by atoms with E-state index in [-0.39, 0.29) is 4.90 Å². The lowest BCUT2D eigenvalue weighted by atomic mass is 10.1. The first-order valence-corrected chi connectivity index (χ1v) is 14.0. The number of halogens is 1. The summed E-state index contributed by atoms with van der Waals surface area (Å²) in [5.74, 6) is -0.452. The van der Waals surface area contributed by atoms with Gasteiger partial charge in [-0.25, -0.2) is 17.8 Å². The third-order valence-corrected chi connectivity index (χ3v) is 8.94. The largest absolute Gasteiger partial charge is 0.301 e. The van der Waals surface area contributed by atoms with Crippen LogP contribution in [0.1, 0.15) is 5.69 Å². The first-order valence-electron chi connectivity index (χ1n) is 12.6. The van der Waals surface area contributed by atoms with Crippen molar-refractivity contribution in [2.75, 3.05) is 26.2 Å². The molecule has 6 rings (SSSR count). The second kappa shape index (κ2) is 10.1. The lowest BCUT2D eigenvalue weighted by molar-refractivity contribution is 0.180. The summed E-state index contributed by atoms with van der Waals surface area (Å²) >= 11 is 0. The van der Waals surface area contributed by atoms with Crippen LogP contribution >= 0.6 is 0 Å². The molecule has 0 radical (unpaired) electrons. The highest BCUT2D eigenvalue weighted by atomic mass is 32.2. The third kappa shape index (κ3) is 4.74. The number of nitrogens with zero attached hydrogens (tertiary/aromatic N) is 4. The summed E-state index contributed by atoms with van der Waals surface area (Å²) in [5, 5.41) is 0. The van der Waals surface area contributed by atoms with Crippen molar-refractivity contribution < 1.29 is 12.8 Å². The summed E-state index contributed by atoms with van der Waals surface area (Å²) < 4.78 is 43.1. The standard InChI is InChI=1S/C30H27FN4O2S/c31-26-12-14-27(15-13-26)38(36,37)34-19-17-33(18-20-34)22-28-30(24-9-5-2-6-10-24)32-29-16-11-25(21-35(28)29)23-7-3-1-4-8-23/h1-16,21H,17-20,22H2. The van der Waals surface area contributed by atoms with Crippen LogP contribution in [0.15, 0.2) is 108 Å². The fourth-order valence-corrected chi connectivity index (χ4v) is 6.39. The molecule has 38 heavy (non-hydrogen) atoms. The Labute approximate surface area is 221 Å². The molecule has 0 amide bonds. The molecule has 0 spiro atoms. The van der Waals surface area contributed by atoms with Gasteiger partial charge in [-0.1, -0.05) is 60.7 Å². The van der Waals surface area contributed by atoms with Crippen LogP contribution in [-0.2, 0) is 16.6 Å². The van der Waals surface area contributed by atoms with Crippen molar-refractivity contribution in [2.45, 2.75) is 11.4 Å². The molecule has 2 aromatic heterocycles. The molecule has 0 atom stereocenters. The fourth-order valence-electron chi connectivity index (χ4n) is 4.97. The van der Waals surface area contributed by atoms with E-state index in [1.54, 1.807) is 0 Å². The SMILES string of the molecule is O=S(=O)(c1ccc(F)cc1)N1CCN(Cc2c(-c3ccccc3)nc3ccc(-c4ccccc4)cn23)CC1. The Morgan fingerprint density at radius 3 is 2.00 bits per heavy atom. The highest BCUT2D eigenvalue weighted by Gasteiger charge is 2.29. The van der Waals surface area contributed by atoms with Gasteiger partial charge in [0, 0.05) is 44.5 Å². The van der Waals surface area contributed by atoms with E-state index >= 15 is 0 Å². The summed E-state index contributed by atoms with van der Waals surface area (Å²) in [7, 11) is -3.66. The number of imidazole rings is 1. The smallest absolute Gasteiger partial charge is 0.243 e. The van der Waals surface area contributed by atoms with Gasteiger partial charge in [0.2, 0.25) is 10.0 Å². The summed E-state index contributed by atoms with van der Waals surface area (Å²) in [6, 6.07) is 29.6. The molecule has 1 aliphatic rings. The molecule has 0 unspecified atom stereocenters. The number of pyridine rings is 1. The van der Waals surface area contributed by atoms with Crippen molar-refractivity contribution in [2.24, 2.45) is 0 Å². The van der Waals surface area contributed by atoms with Gasteiger partial charge in [0.1, 0.15) is 11.5 Å². The van der Waals surface area contributed by atoms with E-state index in [4.69, 9.17) is 4.98 Å². The van der Waals surface area contributed by atoms with Crippen molar-refractivity contribution in [1.29, 1.82) is 0 Å². The lowest BCUT2D eigenvalue weighted by Crippen LogP contribution is -2.48. The van der Waals surface area contributed by atoms with Crippen LogP contribution in [0.25, 0.3) is 28.0 Å². The van der Waals surface area contributed by atoms with Gasteiger partial charge in [0.05, 0.1) is 16.3 Å². The molecule has 5 aromatic rings. The molecule has 1 saturated heterocycles. The van der Waals surface area contributed by atoms with Crippen molar-refractivity contribution >= 4 is 15.7 Å². The monoisotopic (exact) mass is 526 g/mol. The number of sulfonamides is 1. The van der Waals surface area contributed by atoms with E-state index in [0.717, 1.165) is 33.7 Å². The van der Waals surface area contributed by atoms with E-state index in [9.17, 15) is 12.8 Å². The van der Waals surface area contributed by atoms with Gasteiger partial charge < -0.3 is 4.40 Å². The Bertz CT molecular complexity index is 1660. The average molecular weight is 527 g/mol. The lowest BCUT2D eigenvalue weighted by Gasteiger charge is -2.34. The first kappa shape index (κ1) is 24.5. The zero-order valence-corrected chi connectivity index (χ0v) is 21.6. The van der Waals surface area contributed by atoms with Crippen LogP contribution in [0.3, 0.4) is 0 Å². The second-order valence-corrected chi connectivity index (χ2v) is 11.4. The number of piperazine rings is 1. The average Bonchev–Trinajstić information content (AvgIpc) is 3.32. The molecule has 6 nitrogen and oxygen atoms in total. The molecular weight excluding hydrogens is 499 g/mol. The van der Waals surface area contributed by atoms with Gasteiger partial charge in [-0.2, -0.15) is 4.31 Å². The van der Waals surface area contributed by atoms with Crippen molar-refractivity contribution in [1.82, 2.24) is 18.6 Å². The topological polar surface area (TPSA) is 57.9 Å². The van der Waals surface area contributed by atoms with Gasteiger partial charge in [0.25, 0.3) is 0 Å². The predicted octanol–water partition coefficient (Wildman–Crippen LogP) is 5.31. The number of aromatic nitrogens is 2. The van der Waals surface area contributed by atoms with E-state index in [1.807, 2.05) is 42.5 Å². The number of hydrogen-bond acceptors (Lipinski definition) is 4. The summed E-state index contributed by atoms with van der Waals surface area (Å²) in [4.78, 5) is 7.37. The molecule has 1 fully saturated rings. The van der Waals surface area contributed by atoms with Crippen LogP contribution in [0, 0.1) is 5.82 Å². The third-order valence-electron chi connectivity index (χ3n) is 7.03. The maximum Gasteiger partial charge on any atom is 0.243 e. The quantitative estimate of drug-likeness (QED) is 0.301. The Balaban J connectivity index is 1.29. The highest BCUT2D eigenvalue weighted by Crippen LogP contribution is 2.29. The molecule has 3 aromatic carbocycles. The molecule has 0 saturated carbocycles. The summed E-state index contributed by atoms with van der Waals surface area (Å²) in [6.07, 6.45) is 2.13. The minimum atomic E-state index is -3.66. The van der Waals surface area contributed by atoms with Crippen LogP contribution < -0.4 is 0 Å². The Kier molecular flexibility index (Phi) is 6.53. The Morgan fingerprint density at radius 1 is 0.711 bits per heavy atom. The molecule has 1 aliphatic heterocycles. The van der Waals surface area contributed by atoms with Crippen molar-refractivity contribution in [3.05, 3.63) is 115 Å². The number of hydrogen-bond donors (Lipinski definition) is 0. The van der Waals surface area contributed by atoms with Crippen LogP contribution in [-0.4, -0.2) is 53.2 Å². The zero-order valence-electron chi connectivity index (χ0n) is 20.7. The van der Waals surface area contributed by atoms with Crippen molar-refractivity contribution in [3.8, 4) is 22.4 Å². The van der Waals surface area contributed by atoms with Crippen LogP contribution in [0.5, 0.6) is 0 Å². The minimum Gasteiger partial charge on any atom is -0.301 e. The van der Waals surface area contributed by atoms with Crippen LogP contribution in [0.4, 0.5) is 4.39 Å². The van der Waals surface area contributed by atoms with E-state index < -0.39 is 15.8 Å². The van der Waals surface area contributed by atoms with E-state index in [2.05, 4.69) is 45.8 Å². The highest BCUT2D eigenvalue weighted by molar-refractivity contribution is 7.89. The molecule has 192 valence electrons. The van der Waals surface area contributed by atoms with Crippen LogP contribution in [0.2, 0.25) is 0 Å². The summed E-state index contributed by atoms with van der Waals surface area (Å²) in [5.41, 5.74) is 6.15. The maximum absolute atomic E-state index is 13.3. The van der Waals surface area contributed by atoms with Gasteiger partial charge in [-0.05, 0) is 47.5 Å². The predicted molar refractivity (Wildman–Crippen MR) is 146 cm³/mol. The van der Waals surface area contributed by atoms with E-state index in [0.29, 0.717) is 32.7 Å². The molecule has 0 N–H and O–H groups in total. The number of rotatable bonds is 6. The Morgan fingerprint density at radius 2 is 1.34 bits per heavy atom. The maximum atomic E-state index is 13.3. The normalized spacial score (nSPS) is 15.2. The molecular formula is C30H27FN4O2S. The molecule has 0 aliphatic carbocycles. The first-order chi connectivity index (χ1) is 18.5.